The van der Waals surface area contributed by atoms with Crippen molar-refractivity contribution in [3.63, 3.8) is 0 Å². The predicted molar refractivity (Wildman–Crippen MR) is 53.6 cm³/mol. The molecular formula is C11H12F3NO2. The Morgan fingerprint density at radius 1 is 1.41 bits per heavy atom. The summed E-state index contributed by atoms with van der Waals surface area (Å²) in [6.45, 7) is -0.840. The molecule has 0 atom stereocenters. The average molecular weight is 247 g/mol. The van der Waals surface area contributed by atoms with E-state index in [9.17, 15) is 18.0 Å². The Bertz CT molecular complexity index is 396. The van der Waals surface area contributed by atoms with Crippen LogP contribution >= 0.6 is 0 Å². The fourth-order valence-electron chi connectivity index (χ4n) is 1.73. The van der Waals surface area contributed by atoms with Gasteiger partial charge in [0.05, 0.1) is 13.1 Å². The Morgan fingerprint density at radius 2 is 2.12 bits per heavy atom. The van der Waals surface area contributed by atoms with Gasteiger partial charge < -0.3 is 4.42 Å². The maximum Gasteiger partial charge on any atom is 0.401 e. The van der Waals surface area contributed by atoms with Crippen molar-refractivity contribution >= 4 is 6.29 Å². The smallest absolute Gasteiger partial charge is 0.401 e. The maximum absolute atomic E-state index is 12.3. The summed E-state index contributed by atoms with van der Waals surface area (Å²) in [5.74, 6) is 0.533. The molecule has 3 nitrogen and oxygen atoms in total. The minimum absolute atomic E-state index is 0.0126. The number of carbonyl (C=O) groups is 1. The van der Waals surface area contributed by atoms with E-state index >= 15 is 0 Å². The maximum atomic E-state index is 12.3. The monoisotopic (exact) mass is 247 g/mol. The highest BCUT2D eigenvalue weighted by atomic mass is 19.4. The molecule has 1 saturated carbocycles. The standard InChI is InChI=1S/C11H12F3NO2/c12-11(13,14)7-15(8-1-2-8)5-9-3-4-10(6-16)17-9/h3-4,6,8H,1-2,5,7H2. The van der Waals surface area contributed by atoms with Gasteiger partial charge in [-0.2, -0.15) is 13.2 Å². The number of nitrogens with zero attached hydrogens (tertiary/aromatic N) is 1. The zero-order valence-corrected chi connectivity index (χ0v) is 9.04. The zero-order chi connectivity index (χ0) is 12.5. The van der Waals surface area contributed by atoms with E-state index in [2.05, 4.69) is 0 Å². The minimum atomic E-state index is -4.21. The Kier molecular flexibility index (Phi) is 3.24. The van der Waals surface area contributed by atoms with Crippen molar-refractivity contribution < 1.29 is 22.4 Å². The molecule has 0 aromatic carbocycles. The predicted octanol–water partition coefficient (Wildman–Crippen LogP) is 2.62. The first-order valence-electron chi connectivity index (χ1n) is 5.32. The van der Waals surface area contributed by atoms with Crippen LogP contribution < -0.4 is 0 Å². The second-order valence-corrected chi connectivity index (χ2v) is 4.17. The topological polar surface area (TPSA) is 33.5 Å². The quantitative estimate of drug-likeness (QED) is 0.750. The molecule has 1 fully saturated rings. The van der Waals surface area contributed by atoms with Crippen molar-refractivity contribution in [1.82, 2.24) is 4.90 Å². The molecule has 1 aromatic heterocycles. The van der Waals surface area contributed by atoms with Gasteiger partial charge in [0.25, 0.3) is 0 Å². The van der Waals surface area contributed by atoms with Crippen LogP contribution in [-0.4, -0.2) is 29.9 Å². The van der Waals surface area contributed by atoms with E-state index in [0.29, 0.717) is 12.0 Å². The van der Waals surface area contributed by atoms with Crippen LogP contribution in [0.25, 0.3) is 0 Å². The van der Waals surface area contributed by atoms with Crippen LogP contribution in [-0.2, 0) is 6.54 Å². The third-order valence-corrected chi connectivity index (χ3v) is 2.60. The lowest BCUT2D eigenvalue weighted by atomic mass is 10.3. The molecule has 0 saturated heterocycles. The van der Waals surface area contributed by atoms with Crippen LogP contribution in [0.1, 0.15) is 29.2 Å². The summed E-state index contributed by atoms with van der Waals surface area (Å²) in [6.07, 6.45) is -2.09. The third kappa shape index (κ3) is 3.59. The van der Waals surface area contributed by atoms with Crippen LogP contribution in [0, 0.1) is 0 Å². The molecule has 1 aliphatic rings. The van der Waals surface area contributed by atoms with E-state index in [1.54, 1.807) is 0 Å². The van der Waals surface area contributed by atoms with Crippen LogP contribution in [0.5, 0.6) is 0 Å². The van der Waals surface area contributed by atoms with Crippen molar-refractivity contribution in [2.45, 2.75) is 31.6 Å². The fourth-order valence-corrected chi connectivity index (χ4v) is 1.73. The Morgan fingerprint density at radius 3 is 2.59 bits per heavy atom. The number of hydrogen-bond acceptors (Lipinski definition) is 3. The first-order chi connectivity index (χ1) is 7.98. The lowest BCUT2D eigenvalue weighted by molar-refractivity contribution is -0.148. The second-order valence-electron chi connectivity index (χ2n) is 4.17. The molecule has 0 radical (unpaired) electrons. The Hall–Kier alpha value is -1.30. The van der Waals surface area contributed by atoms with Gasteiger partial charge in [0.15, 0.2) is 12.0 Å². The van der Waals surface area contributed by atoms with Crippen LogP contribution in [0.15, 0.2) is 16.5 Å². The average Bonchev–Trinajstić information content (AvgIpc) is 2.97. The van der Waals surface area contributed by atoms with Gasteiger partial charge >= 0.3 is 6.18 Å². The number of carbonyl (C=O) groups excluding carboxylic acids is 1. The fraction of sp³-hybridized carbons (Fsp3) is 0.545. The largest absolute Gasteiger partial charge is 0.457 e. The van der Waals surface area contributed by atoms with E-state index in [0.717, 1.165) is 12.8 Å². The van der Waals surface area contributed by atoms with E-state index in [1.807, 2.05) is 0 Å². The second kappa shape index (κ2) is 4.52. The number of alkyl halides is 3. The van der Waals surface area contributed by atoms with E-state index < -0.39 is 12.7 Å². The van der Waals surface area contributed by atoms with Gasteiger partial charge in [-0.15, -0.1) is 0 Å². The summed E-state index contributed by atoms with van der Waals surface area (Å²) in [5, 5.41) is 0. The van der Waals surface area contributed by atoms with Crippen LogP contribution in [0.4, 0.5) is 13.2 Å². The summed E-state index contributed by atoms with van der Waals surface area (Å²) in [4.78, 5) is 11.7. The molecule has 0 spiro atoms. The Balaban J connectivity index is 1.99. The Labute approximate surface area is 96.2 Å². The number of halogens is 3. The molecular weight excluding hydrogens is 235 g/mol. The molecule has 0 bridgehead atoms. The van der Waals surface area contributed by atoms with Crippen molar-refractivity contribution in [2.75, 3.05) is 6.54 Å². The summed E-state index contributed by atoms with van der Waals surface area (Å²) < 4.78 is 42.1. The third-order valence-electron chi connectivity index (χ3n) is 2.60. The summed E-state index contributed by atoms with van der Waals surface area (Å²) >= 11 is 0. The molecule has 1 aromatic rings. The first kappa shape index (κ1) is 12.2. The number of hydrogen-bond donors (Lipinski definition) is 0. The molecule has 2 rings (SSSR count). The number of furan rings is 1. The molecule has 0 unspecified atom stereocenters. The van der Waals surface area contributed by atoms with Crippen LogP contribution in [0.2, 0.25) is 0 Å². The summed E-state index contributed by atoms with van der Waals surface area (Å²) in [5.41, 5.74) is 0. The molecule has 0 amide bonds. The zero-order valence-electron chi connectivity index (χ0n) is 9.04. The molecule has 0 N–H and O–H groups in total. The molecule has 94 valence electrons. The molecule has 1 aliphatic carbocycles. The van der Waals surface area contributed by atoms with E-state index in [-0.39, 0.29) is 18.3 Å². The van der Waals surface area contributed by atoms with Crippen LogP contribution in [0.3, 0.4) is 0 Å². The first-order valence-corrected chi connectivity index (χ1v) is 5.32. The van der Waals surface area contributed by atoms with E-state index in [4.69, 9.17) is 4.42 Å². The lowest BCUT2D eigenvalue weighted by Gasteiger charge is -2.22. The van der Waals surface area contributed by atoms with Gasteiger partial charge in [0, 0.05) is 6.04 Å². The minimum Gasteiger partial charge on any atom is -0.457 e. The van der Waals surface area contributed by atoms with Gasteiger partial charge in [-0.1, -0.05) is 0 Å². The van der Waals surface area contributed by atoms with E-state index in [1.165, 1.54) is 17.0 Å². The number of rotatable bonds is 5. The van der Waals surface area contributed by atoms with Crippen molar-refractivity contribution in [3.8, 4) is 0 Å². The highest BCUT2D eigenvalue weighted by molar-refractivity contribution is 5.70. The molecule has 0 aliphatic heterocycles. The van der Waals surface area contributed by atoms with Crippen molar-refractivity contribution in [1.29, 1.82) is 0 Å². The van der Waals surface area contributed by atoms with Crippen molar-refractivity contribution in [3.05, 3.63) is 23.7 Å². The van der Waals surface area contributed by atoms with Gasteiger partial charge in [-0.3, -0.25) is 9.69 Å². The normalized spacial score (nSPS) is 16.5. The lowest BCUT2D eigenvalue weighted by Crippen LogP contribution is -2.35. The van der Waals surface area contributed by atoms with Gasteiger partial charge in [0.1, 0.15) is 5.76 Å². The highest BCUT2D eigenvalue weighted by Crippen LogP contribution is 2.31. The summed E-state index contributed by atoms with van der Waals surface area (Å²) in [6, 6.07) is 2.98. The van der Waals surface area contributed by atoms with Crippen molar-refractivity contribution in [2.24, 2.45) is 0 Å². The van der Waals surface area contributed by atoms with Gasteiger partial charge in [-0.25, -0.2) is 0 Å². The summed E-state index contributed by atoms with van der Waals surface area (Å²) in [7, 11) is 0. The molecule has 6 heteroatoms. The number of aldehydes is 1. The van der Waals surface area contributed by atoms with Gasteiger partial charge in [-0.05, 0) is 25.0 Å². The molecule has 17 heavy (non-hydrogen) atoms. The molecule has 1 heterocycles. The highest BCUT2D eigenvalue weighted by Gasteiger charge is 2.38. The SMILES string of the molecule is O=Cc1ccc(CN(CC(F)(F)F)C2CC2)o1. The van der Waals surface area contributed by atoms with Gasteiger partial charge in [0.2, 0.25) is 0 Å².